The van der Waals surface area contributed by atoms with E-state index < -0.39 is 18.1 Å². The second-order valence-corrected chi connectivity index (χ2v) is 3.56. The molecule has 0 aliphatic carbocycles. The number of carbonyl (C=O) groups is 1. The van der Waals surface area contributed by atoms with Crippen molar-refractivity contribution in [3.63, 3.8) is 0 Å². The molecule has 0 fully saturated rings. The largest absolute Gasteiger partial charge is 0.573 e. The zero-order valence-corrected chi connectivity index (χ0v) is 10.5. The van der Waals surface area contributed by atoms with E-state index in [9.17, 15) is 18.0 Å². The summed E-state index contributed by atoms with van der Waals surface area (Å²) in [4.78, 5) is 14.9. The summed E-state index contributed by atoms with van der Waals surface area (Å²) in [5.41, 5.74) is 0.628. The van der Waals surface area contributed by atoms with E-state index in [0.29, 0.717) is 5.56 Å². The lowest BCUT2D eigenvalue weighted by Crippen LogP contribution is -2.18. The van der Waals surface area contributed by atoms with Gasteiger partial charge in [0.1, 0.15) is 0 Å². The van der Waals surface area contributed by atoms with Gasteiger partial charge in [0, 0.05) is 0 Å². The van der Waals surface area contributed by atoms with Gasteiger partial charge in [-0.3, -0.25) is 4.79 Å². The minimum Gasteiger partial charge on any atom is -0.478 e. The Morgan fingerprint density at radius 2 is 2.00 bits per heavy atom. The van der Waals surface area contributed by atoms with Gasteiger partial charge in [0.2, 0.25) is 0 Å². The van der Waals surface area contributed by atoms with Gasteiger partial charge in [-0.15, -0.1) is 13.2 Å². The molecule has 1 aromatic heterocycles. The summed E-state index contributed by atoms with van der Waals surface area (Å²) in [6.07, 6.45) is -5.00. The van der Waals surface area contributed by atoms with Crippen LogP contribution in [0.1, 0.15) is 11.3 Å². The number of carbonyl (C=O) groups excluding carboxylic acids is 1. The van der Waals surface area contributed by atoms with Crippen LogP contribution in [0.25, 0.3) is 0 Å². The van der Waals surface area contributed by atoms with Crippen molar-refractivity contribution in [2.45, 2.75) is 19.7 Å². The van der Waals surface area contributed by atoms with E-state index >= 15 is 0 Å². The molecule has 0 aliphatic heterocycles. The number of rotatable bonds is 4. The number of nitrogens with zero attached hydrogens (tertiary/aromatic N) is 1. The maximum Gasteiger partial charge on any atom is 0.573 e. The first-order valence-electron chi connectivity index (χ1n) is 5.14. The highest BCUT2D eigenvalue weighted by Gasteiger charge is 2.33. The molecule has 0 radical (unpaired) electrons. The number of hydrogen-bond acceptors (Lipinski definition) is 5. The Hall–Kier alpha value is -1.99. The number of aromatic nitrogens is 1. The fourth-order valence-electron chi connectivity index (χ4n) is 1.34. The number of halogens is 3. The fraction of sp³-hybridized carbons (Fsp3) is 0.455. The van der Waals surface area contributed by atoms with Crippen molar-refractivity contribution in [3.8, 4) is 11.6 Å². The molecule has 1 heterocycles. The predicted octanol–water partition coefficient (Wildman–Crippen LogP) is 2.01. The molecular formula is C11H12F3NO4. The van der Waals surface area contributed by atoms with E-state index in [1.165, 1.54) is 14.0 Å². The van der Waals surface area contributed by atoms with Gasteiger partial charge < -0.3 is 14.2 Å². The van der Waals surface area contributed by atoms with Crippen molar-refractivity contribution in [2.24, 2.45) is 0 Å². The van der Waals surface area contributed by atoms with E-state index in [1.807, 2.05) is 0 Å². The molecule has 0 spiro atoms. The third-order valence-electron chi connectivity index (χ3n) is 2.21. The molecule has 0 atom stereocenters. The van der Waals surface area contributed by atoms with Gasteiger partial charge in [0.15, 0.2) is 5.75 Å². The number of pyridine rings is 1. The van der Waals surface area contributed by atoms with Gasteiger partial charge in [0.25, 0.3) is 5.88 Å². The summed E-state index contributed by atoms with van der Waals surface area (Å²) in [7, 11) is 2.36. The van der Waals surface area contributed by atoms with Crippen LogP contribution in [0.3, 0.4) is 0 Å². The van der Waals surface area contributed by atoms with Crippen molar-refractivity contribution in [3.05, 3.63) is 17.3 Å². The molecule has 1 rings (SSSR count). The predicted molar refractivity (Wildman–Crippen MR) is 57.9 cm³/mol. The zero-order chi connectivity index (χ0) is 14.6. The second kappa shape index (κ2) is 5.77. The number of ether oxygens (including phenoxy) is 3. The van der Waals surface area contributed by atoms with E-state index in [0.717, 1.165) is 13.2 Å². The SMILES string of the molecule is COC(=O)Cc1nc(OC)c(OC(F)(F)F)cc1C. The number of methoxy groups -OCH3 is 2. The van der Waals surface area contributed by atoms with Crippen molar-refractivity contribution in [2.75, 3.05) is 14.2 Å². The molecule has 5 nitrogen and oxygen atoms in total. The van der Waals surface area contributed by atoms with Crippen LogP contribution in [0, 0.1) is 6.92 Å². The molecule has 0 N–H and O–H groups in total. The van der Waals surface area contributed by atoms with Gasteiger partial charge in [-0.1, -0.05) is 0 Å². The third-order valence-corrected chi connectivity index (χ3v) is 2.21. The van der Waals surface area contributed by atoms with Crippen LogP contribution in [0.5, 0.6) is 11.6 Å². The number of alkyl halides is 3. The van der Waals surface area contributed by atoms with Gasteiger partial charge in [-0.05, 0) is 18.6 Å². The van der Waals surface area contributed by atoms with Crippen LogP contribution >= 0.6 is 0 Å². The highest BCUT2D eigenvalue weighted by Crippen LogP contribution is 2.32. The van der Waals surface area contributed by atoms with E-state index in [1.54, 1.807) is 0 Å². The smallest absolute Gasteiger partial charge is 0.478 e. The van der Waals surface area contributed by atoms with Crippen LogP contribution in [0.2, 0.25) is 0 Å². The Morgan fingerprint density at radius 1 is 1.37 bits per heavy atom. The number of hydrogen-bond donors (Lipinski definition) is 0. The molecule has 0 saturated heterocycles. The average molecular weight is 279 g/mol. The number of esters is 1. The summed E-state index contributed by atoms with van der Waals surface area (Å²) in [6, 6.07) is 1.11. The van der Waals surface area contributed by atoms with Gasteiger partial charge >= 0.3 is 12.3 Å². The lowest BCUT2D eigenvalue weighted by Gasteiger charge is -2.14. The topological polar surface area (TPSA) is 57.7 Å². The van der Waals surface area contributed by atoms with Crippen LogP contribution in [-0.4, -0.2) is 31.5 Å². The summed E-state index contributed by atoms with van der Waals surface area (Å²) in [5, 5.41) is 0. The summed E-state index contributed by atoms with van der Waals surface area (Å²) < 4.78 is 49.5. The minimum atomic E-state index is -4.84. The van der Waals surface area contributed by atoms with Crippen molar-refractivity contribution < 1.29 is 32.2 Å². The molecule has 0 aliphatic rings. The highest BCUT2D eigenvalue weighted by atomic mass is 19.4. The standard InChI is InChI=1S/C11H12F3NO4/c1-6-4-8(19-11(12,13)14)10(18-3)15-7(6)5-9(16)17-2/h4H,5H2,1-3H3. The highest BCUT2D eigenvalue weighted by molar-refractivity contribution is 5.72. The van der Waals surface area contributed by atoms with Crippen LogP contribution in [0.15, 0.2) is 6.07 Å². The first-order chi connectivity index (χ1) is 8.76. The Labute approximate surface area is 107 Å². The third kappa shape index (κ3) is 4.31. The summed E-state index contributed by atoms with van der Waals surface area (Å²) in [5.74, 6) is -1.45. The molecule has 19 heavy (non-hydrogen) atoms. The van der Waals surface area contributed by atoms with Crippen LogP contribution in [0.4, 0.5) is 13.2 Å². The van der Waals surface area contributed by atoms with Gasteiger partial charge in [-0.2, -0.15) is 0 Å². The maximum atomic E-state index is 12.2. The van der Waals surface area contributed by atoms with E-state index in [2.05, 4.69) is 14.5 Å². The Kier molecular flexibility index (Phi) is 4.57. The average Bonchev–Trinajstić information content (AvgIpc) is 2.30. The molecule has 1 aromatic rings. The molecule has 0 amide bonds. The van der Waals surface area contributed by atoms with Gasteiger partial charge in [-0.25, -0.2) is 4.98 Å². The molecule has 0 bridgehead atoms. The van der Waals surface area contributed by atoms with Crippen LogP contribution < -0.4 is 9.47 Å². The maximum absolute atomic E-state index is 12.2. The first kappa shape index (κ1) is 15.1. The van der Waals surface area contributed by atoms with Crippen LogP contribution in [-0.2, 0) is 16.0 Å². The summed E-state index contributed by atoms with van der Waals surface area (Å²) in [6.45, 7) is 1.51. The summed E-state index contributed by atoms with van der Waals surface area (Å²) >= 11 is 0. The molecule has 106 valence electrons. The second-order valence-electron chi connectivity index (χ2n) is 3.56. The van der Waals surface area contributed by atoms with Crippen molar-refractivity contribution >= 4 is 5.97 Å². The normalized spacial score (nSPS) is 11.1. The minimum absolute atomic E-state index is 0.162. The van der Waals surface area contributed by atoms with Crippen molar-refractivity contribution in [1.29, 1.82) is 0 Å². The molecular weight excluding hydrogens is 267 g/mol. The Bertz CT molecular complexity index is 474. The molecule has 0 unspecified atom stereocenters. The lowest BCUT2D eigenvalue weighted by molar-refractivity contribution is -0.275. The number of aryl methyl sites for hydroxylation is 1. The lowest BCUT2D eigenvalue weighted by atomic mass is 10.1. The molecule has 0 saturated carbocycles. The Balaban J connectivity index is 3.10. The molecule has 8 heteroatoms. The monoisotopic (exact) mass is 279 g/mol. The van der Waals surface area contributed by atoms with Gasteiger partial charge in [0.05, 0.1) is 26.3 Å². The van der Waals surface area contributed by atoms with E-state index in [-0.39, 0.29) is 18.0 Å². The van der Waals surface area contributed by atoms with Crippen molar-refractivity contribution in [1.82, 2.24) is 4.98 Å². The first-order valence-corrected chi connectivity index (χ1v) is 5.14. The fourth-order valence-corrected chi connectivity index (χ4v) is 1.34. The quantitative estimate of drug-likeness (QED) is 0.789. The van der Waals surface area contributed by atoms with E-state index in [4.69, 9.17) is 4.74 Å². The molecule has 0 aromatic carbocycles. The Morgan fingerprint density at radius 3 is 2.47 bits per heavy atom. The zero-order valence-electron chi connectivity index (χ0n) is 10.5.